The van der Waals surface area contributed by atoms with Gasteiger partial charge in [-0.05, 0) is 37.8 Å². The number of carboxylic acids is 1. The summed E-state index contributed by atoms with van der Waals surface area (Å²) >= 11 is 11.8. The lowest BCUT2D eigenvalue weighted by atomic mass is 10.0. The van der Waals surface area contributed by atoms with Crippen LogP contribution in [0.25, 0.3) is 0 Å². The molecule has 0 spiro atoms. The van der Waals surface area contributed by atoms with Crippen molar-refractivity contribution in [2.24, 2.45) is 0 Å². The molecule has 0 aromatic heterocycles. The third kappa shape index (κ3) is 2.50. The van der Waals surface area contributed by atoms with Crippen LogP contribution in [0.2, 0.25) is 10.0 Å². The van der Waals surface area contributed by atoms with Gasteiger partial charge >= 0.3 is 5.97 Å². The average molecular weight is 275 g/mol. The summed E-state index contributed by atoms with van der Waals surface area (Å²) in [5, 5.41) is 10.1. The first kappa shape index (κ1) is 12.5. The zero-order chi connectivity index (χ0) is 12.5. The fourth-order valence-corrected chi connectivity index (χ4v) is 2.39. The Kier molecular flexibility index (Phi) is 3.50. The van der Waals surface area contributed by atoms with Crippen molar-refractivity contribution in [1.82, 2.24) is 0 Å². The summed E-state index contributed by atoms with van der Waals surface area (Å²) in [6.07, 6.45) is 2.71. The van der Waals surface area contributed by atoms with Crippen molar-refractivity contribution in [3.63, 3.8) is 0 Å². The molecule has 0 aliphatic heterocycles. The van der Waals surface area contributed by atoms with Gasteiger partial charge in [-0.2, -0.15) is 0 Å². The number of ether oxygens (including phenoxy) is 1. The number of hydrogen-bond donors (Lipinski definition) is 1. The molecule has 17 heavy (non-hydrogen) atoms. The van der Waals surface area contributed by atoms with Crippen molar-refractivity contribution in [2.75, 3.05) is 0 Å². The Morgan fingerprint density at radius 3 is 2.53 bits per heavy atom. The van der Waals surface area contributed by atoms with E-state index in [1.54, 1.807) is 18.2 Å². The molecule has 3 nitrogen and oxygen atoms in total. The number of benzene rings is 1. The minimum atomic E-state index is -1.14. The summed E-state index contributed by atoms with van der Waals surface area (Å²) in [4.78, 5) is 11.3. The molecule has 1 aliphatic carbocycles. The molecule has 5 heteroatoms. The Hall–Kier alpha value is -0.930. The number of halogens is 2. The number of carbonyl (C=O) groups is 1. The van der Waals surface area contributed by atoms with E-state index in [0.29, 0.717) is 28.6 Å². The maximum Gasteiger partial charge on any atom is 0.348 e. The van der Waals surface area contributed by atoms with Crippen LogP contribution in [0.5, 0.6) is 5.75 Å². The van der Waals surface area contributed by atoms with E-state index >= 15 is 0 Å². The van der Waals surface area contributed by atoms with Gasteiger partial charge in [-0.3, -0.25) is 0 Å². The summed E-state index contributed by atoms with van der Waals surface area (Å²) in [6, 6.07) is 4.79. The van der Waals surface area contributed by atoms with Crippen LogP contribution in [0.1, 0.15) is 25.7 Å². The van der Waals surface area contributed by atoms with E-state index in [9.17, 15) is 9.90 Å². The van der Waals surface area contributed by atoms with E-state index in [-0.39, 0.29) is 0 Å². The molecule has 1 saturated carbocycles. The molecule has 0 atom stereocenters. The molecule has 1 fully saturated rings. The Morgan fingerprint density at radius 2 is 1.94 bits per heavy atom. The Morgan fingerprint density at radius 1 is 1.29 bits per heavy atom. The third-order valence-electron chi connectivity index (χ3n) is 3.00. The number of aliphatic carboxylic acids is 1. The topological polar surface area (TPSA) is 46.5 Å². The lowest BCUT2D eigenvalue weighted by Gasteiger charge is -2.26. The molecule has 92 valence electrons. The Balaban J connectivity index is 2.29. The zero-order valence-corrected chi connectivity index (χ0v) is 10.6. The molecule has 0 bridgehead atoms. The minimum Gasteiger partial charge on any atom is -0.478 e. The Bertz CT molecular complexity index is 439. The molecule has 0 saturated heterocycles. The molecular weight excluding hydrogens is 263 g/mol. The Labute approximate surface area is 109 Å². The maximum absolute atomic E-state index is 11.3. The first-order valence-electron chi connectivity index (χ1n) is 5.41. The molecule has 1 N–H and O–H groups in total. The molecule has 1 aromatic carbocycles. The lowest BCUT2D eigenvalue weighted by molar-refractivity contribution is -0.154. The van der Waals surface area contributed by atoms with E-state index in [1.807, 2.05) is 0 Å². The second-order valence-electron chi connectivity index (χ2n) is 4.18. The van der Waals surface area contributed by atoms with Crippen LogP contribution in [0.3, 0.4) is 0 Å². The van der Waals surface area contributed by atoms with Crippen LogP contribution in [-0.2, 0) is 4.79 Å². The highest BCUT2D eigenvalue weighted by Gasteiger charge is 2.44. The second kappa shape index (κ2) is 4.75. The minimum absolute atomic E-state index is 0.337. The van der Waals surface area contributed by atoms with E-state index in [1.165, 1.54) is 0 Å². The SMILES string of the molecule is O=C(O)C1(Oc2cc(Cl)ccc2Cl)CCCC1. The van der Waals surface area contributed by atoms with E-state index in [4.69, 9.17) is 27.9 Å². The predicted molar refractivity (Wildman–Crippen MR) is 65.9 cm³/mol. The number of hydrogen-bond acceptors (Lipinski definition) is 2. The summed E-state index contributed by atoms with van der Waals surface area (Å²) in [6.45, 7) is 0. The molecule has 0 heterocycles. The molecule has 0 amide bonds. The quantitative estimate of drug-likeness (QED) is 0.913. The van der Waals surface area contributed by atoms with Gasteiger partial charge in [-0.1, -0.05) is 23.2 Å². The van der Waals surface area contributed by atoms with Crippen LogP contribution in [0, 0.1) is 0 Å². The van der Waals surface area contributed by atoms with Gasteiger partial charge < -0.3 is 9.84 Å². The first-order chi connectivity index (χ1) is 8.03. The van der Waals surface area contributed by atoms with Crippen molar-refractivity contribution >= 4 is 29.2 Å². The molecule has 2 rings (SSSR count). The monoisotopic (exact) mass is 274 g/mol. The summed E-state index contributed by atoms with van der Waals surface area (Å²) in [7, 11) is 0. The zero-order valence-electron chi connectivity index (χ0n) is 9.08. The number of rotatable bonds is 3. The van der Waals surface area contributed by atoms with Crippen molar-refractivity contribution < 1.29 is 14.6 Å². The van der Waals surface area contributed by atoms with E-state index in [0.717, 1.165) is 12.8 Å². The van der Waals surface area contributed by atoms with Crippen LogP contribution in [0.15, 0.2) is 18.2 Å². The van der Waals surface area contributed by atoms with Crippen molar-refractivity contribution in [1.29, 1.82) is 0 Å². The average Bonchev–Trinajstić information content (AvgIpc) is 2.73. The fraction of sp³-hybridized carbons (Fsp3) is 0.417. The summed E-state index contributed by atoms with van der Waals surface area (Å²) < 4.78 is 5.62. The van der Waals surface area contributed by atoms with Crippen LogP contribution in [0.4, 0.5) is 0 Å². The largest absolute Gasteiger partial charge is 0.478 e. The van der Waals surface area contributed by atoms with E-state index in [2.05, 4.69) is 0 Å². The fourth-order valence-electron chi connectivity index (χ4n) is 2.07. The highest BCUT2D eigenvalue weighted by atomic mass is 35.5. The summed E-state index contributed by atoms with van der Waals surface area (Å²) in [5.74, 6) is -0.602. The molecule has 1 aromatic rings. The standard InChI is InChI=1S/C12H12Cl2O3/c13-8-3-4-9(14)10(7-8)17-12(11(15)16)5-1-2-6-12/h3-4,7H,1-2,5-6H2,(H,15,16). The van der Waals surface area contributed by atoms with Gasteiger partial charge in [0, 0.05) is 11.1 Å². The van der Waals surface area contributed by atoms with Gasteiger partial charge in [0.2, 0.25) is 5.60 Å². The lowest BCUT2D eigenvalue weighted by Crippen LogP contribution is -2.41. The van der Waals surface area contributed by atoms with Crippen LogP contribution in [-0.4, -0.2) is 16.7 Å². The number of carboxylic acid groups (broad SMARTS) is 1. The smallest absolute Gasteiger partial charge is 0.348 e. The first-order valence-corrected chi connectivity index (χ1v) is 6.17. The van der Waals surface area contributed by atoms with Crippen LogP contribution >= 0.6 is 23.2 Å². The highest BCUT2D eigenvalue weighted by molar-refractivity contribution is 6.34. The molecule has 0 unspecified atom stereocenters. The van der Waals surface area contributed by atoms with Crippen LogP contribution < -0.4 is 4.74 Å². The predicted octanol–water partition coefficient (Wildman–Crippen LogP) is 3.77. The molecule has 0 radical (unpaired) electrons. The van der Waals surface area contributed by atoms with Gasteiger partial charge in [0.05, 0.1) is 5.02 Å². The van der Waals surface area contributed by atoms with Gasteiger partial charge in [-0.25, -0.2) is 4.79 Å². The summed E-state index contributed by atoms with van der Waals surface area (Å²) in [5.41, 5.74) is -1.14. The van der Waals surface area contributed by atoms with Gasteiger partial charge in [-0.15, -0.1) is 0 Å². The third-order valence-corrected chi connectivity index (χ3v) is 3.55. The molecule has 1 aliphatic rings. The van der Waals surface area contributed by atoms with Crippen molar-refractivity contribution in [2.45, 2.75) is 31.3 Å². The van der Waals surface area contributed by atoms with Crippen molar-refractivity contribution in [3.05, 3.63) is 28.2 Å². The molecular formula is C12H12Cl2O3. The normalized spacial score (nSPS) is 18.0. The highest BCUT2D eigenvalue weighted by Crippen LogP contribution is 2.38. The van der Waals surface area contributed by atoms with Gasteiger partial charge in [0.1, 0.15) is 5.75 Å². The van der Waals surface area contributed by atoms with Crippen molar-refractivity contribution in [3.8, 4) is 5.75 Å². The second-order valence-corrected chi connectivity index (χ2v) is 5.03. The van der Waals surface area contributed by atoms with Gasteiger partial charge in [0.25, 0.3) is 0 Å². The van der Waals surface area contributed by atoms with Gasteiger partial charge in [0.15, 0.2) is 0 Å². The maximum atomic E-state index is 11.3. The van der Waals surface area contributed by atoms with E-state index < -0.39 is 11.6 Å².